The van der Waals surface area contributed by atoms with Crippen molar-refractivity contribution in [3.63, 3.8) is 0 Å². The van der Waals surface area contributed by atoms with E-state index >= 15 is 0 Å². The van der Waals surface area contributed by atoms with E-state index in [0.29, 0.717) is 0 Å². The minimum absolute atomic E-state index is 1.01. The Morgan fingerprint density at radius 3 is 1.71 bits per heavy atom. The van der Waals surface area contributed by atoms with Gasteiger partial charge in [0, 0.05) is 0 Å². The topological polar surface area (TPSA) is 12.0 Å². The van der Waals surface area contributed by atoms with Crippen LogP contribution in [0.15, 0.2) is 0 Å². The Bertz CT molecular complexity index is 144. The maximum atomic E-state index is 3.48. The Hall–Kier alpha value is -0.0400. The van der Waals surface area contributed by atoms with Gasteiger partial charge in [0.25, 0.3) is 0 Å². The minimum atomic E-state index is 1.01. The van der Waals surface area contributed by atoms with Crippen LogP contribution in [0.2, 0.25) is 0 Å². The summed E-state index contributed by atoms with van der Waals surface area (Å²) in [6, 6.07) is 0. The second-order valence-electron chi connectivity index (χ2n) is 5.77. The molecule has 0 radical (unpaired) electrons. The predicted octanol–water partition coefficient (Wildman–Crippen LogP) is 4.91. The van der Waals surface area contributed by atoms with Crippen molar-refractivity contribution in [3.8, 4) is 0 Å². The fourth-order valence-electron chi connectivity index (χ4n) is 3.02. The Balaban J connectivity index is 2.17. The zero-order chi connectivity index (χ0) is 12.2. The van der Waals surface area contributed by atoms with Crippen molar-refractivity contribution >= 4 is 0 Å². The van der Waals surface area contributed by atoms with Crippen molar-refractivity contribution in [1.82, 2.24) is 5.32 Å². The van der Waals surface area contributed by atoms with Crippen molar-refractivity contribution in [2.75, 3.05) is 13.1 Å². The van der Waals surface area contributed by atoms with Crippen LogP contribution in [0.25, 0.3) is 0 Å². The summed E-state index contributed by atoms with van der Waals surface area (Å²) in [6.07, 6.45) is 17.8. The van der Waals surface area contributed by atoms with Crippen molar-refractivity contribution in [2.24, 2.45) is 5.92 Å². The Morgan fingerprint density at radius 1 is 0.765 bits per heavy atom. The van der Waals surface area contributed by atoms with Crippen LogP contribution >= 0.6 is 0 Å². The molecule has 1 saturated carbocycles. The van der Waals surface area contributed by atoms with Gasteiger partial charge in [-0.15, -0.1) is 0 Å². The lowest BCUT2D eigenvalue weighted by Gasteiger charge is -2.17. The van der Waals surface area contributed by atoms with Gasteiger partial charge in [-0.05, 0) is 25.4 Å². The molecule has 1 N–H and O–H groups in total. The number of hydrogen-bond acceptors (Lipinski definition) is 1. The van der Waals surface area contributed by atoms with Crippen LogP contribution in [-0.4, -0.2) is 13.1 Å². The first-order valence-corrected chi connectivity index (χ1v) is 8.14. The van der Waals surface area contributed by atoms with E-state index in [-0.39, 0.29) is 0 Å². The zero-order valence-electron chi connectivity index (χ0n) is 12.0. The molecule has 0 aliphatic heterocycles. The fourth-order valence-corrected chi connectivity index (χ4v) is 3.02. The zero-order valence-corrected chi connectivity index (χ0v) is 12.0. The lowest BCUT2D eigenvalue weighted by Crippen LogP contribution is -2.17. The number of nitrogens with one attached hydrogen (secondary N) is 1. The highest BCUT2D eigenvalue weighted by atomic mass is 14.8. The van der Waals surface area contributed by atoms with Gasteiger partial charge in [-0.3, -0.25) is 0 Å². The Kier molecular flexibility index (Phi) is 9.78. The Morgan fingerprint density at radius 2 is 1.24 bits per heavy atom. The quantitative estimate of drug-likeness (QED) is 0.688. The van der Waals surface area contributed by atoms with Crippen molar-refractivity contribution < 1.29 is 0 Å². The number of hydrogen-bond donors (Lipinski definition) is 1. The molecule has 0 saturated heterocycles. The summed E-state index contributed by atoms with van der Waals surface area (Å²) in [4.78, 5) is 0. The van der Waals surface area contributed by atoms with Gasteiger partial charge >= 0.3 is 0 Å². The average molecular weight is 239 g/mol. The standard InChI is InChI=1S/C16H33N/c1-2-17-15-14-16-12-10-8-6-4-3-5-7-9-11-13-16/h16-17H,2-15H2,1H3. The van der Waals surface area contributed by atoms with E-state index in [1.54, 1.807) is 0 Å². The van der Waals surface area contributed by atoms with Crippen molar-refractivity contribution in [1.29, 1.82) is 0 Å². The monoisotopic (exact) mass is 239 g/mol. The van der Waals surface area contributed by atoms with Crippen LogP contribution in [0.5, 0.6) is 0 Å². The van der Waals surface area contributed by atoms with Crippen LogP contribution in [0.3, 0.4) is 0 Å². The van der Waals surface area contributed by atoms with E-state index < -0.39 is 0 Å². The van der Waals surface area contributed by atoms with Crippen LogP contribution in [0.4, 0.5) is 0 Å². The summed E-state index contributed by atoms with van der Waals surface area (Å²) in [7, 11) is 0. The Labute approximate surface area is 109 Å². The first kappa shape index (κ1) is 15.0. The maximum absolute atomic E-state index is 3.48. The molecule has 0 spiro atoms. The van der Waals surface area contributed by atoms with Gasteiger partial charge in [-0.1, -0.05) is 77.6 Å². The molecular weight excluding hydrogens is 206 g/mol. The molecule has 0 atom stereocenters. The molecule has 0 aromatic rings. The average Bonchev–Trinajstić information content (AvgIpc) is 2.32. The molecule has 1 fully saturated rings. The maximum Gasteiger partial charge on any atom is -0.00464 e. The van der Waals surface area contributed by atoms with Crippen LogP contribution in [0.1, 0.15) is 84.0 Å². The molecule has 0 amide bonds. The molecule has 102 valence electrons. The molecule has 0 bridgehead atoms. The molecule has 17 heavy (non-hydrogen) atoms. The van der Waals surface area contributed by atoms with Gasteiger partial charge in [0.05, 0.1) is 0 Å². The van der Waals surface area contributed by atoms with E-state index in [9.17, 15) is 0 Å². The lowest BCUT2D eigenvalue weighted by atomic mass is 9.90. The van der Waals surface area contributed by atoms with Crippen LogP contribution < -0.4 is 5.32 Å². The second-order valence-corrected chi connectivity index (χ2v) is 5.77. The van der Waals surface area contributed by atoms with Gasteiger partial charge in [0.1, 0.15) is 0 Å². The molecule has 1 aliphatic carbocycles. The molecule has 1 heteroatoms. The van der Waals surface area contributed by atoms with Crippen molar-refractivity contribution in [3.05, 3.63) is 0 Å². The van der Waals surface area contributed by atoms with E-state index in [1.165, 1.54) is 83.6 Å². The molecule has 0 heterocycles. The van der Waals surface area contributed by atoms with Gasteiger partial charge in [0.2, 0.25) is 0 Å². The molecule has 0 aromatic carbocycles. The van der Waals surface area contributed by atoms with Crippen LogP contribution in [0, 0.1) is 5.92 Å². The first-order chi connectivity index (χ1) is 8.43. The smallest absolute Gasteiger partial charge is 0.00464 e. The normalized spacial score (nSPS) is 21.7. The van der Waals surface area contributed by atoms with Gasteiger partial charge in [-0.2, -0.15) is 0 Å². The van der Waals surface area contributed by atoms with Gasteiger partial charge in [0.15, 0.2) is 0 Å². The highest BCUT2D eigenvalue weighted by Gasteiger charge is 2.08. The molecule has 1 rings (SSSR count). The number of rotatable bonds is 4. The van der Waals surface area contributed by atoms with Crippen molar-refractivity contribution in [2.45, 2.75) is 84.0 Å². The SMILES string of the molecule is CCNCCC1CCCCCCCCCCC1. The summed E-state index contributed by atoms with van der Waals surface area (Å²) in [5.74, 6) is 1.01. The third-order valence-electron chi connectivity index (χ3n) is 4.20. The third kappa shape index (κ3) is 8.65. The second kappa shape index (κ2) is 11.1. The van der Waals surface area contributed by atoms with Gasteiger partial charge < -0.3 is 5.32 Å². The summed E-state index contributed by atoms with van der Waals surface area (Å²) < 4.78 is 0. The lowest BCUT2D eigenvalue weighted by molar-refractivity contribution is 0.368. The van der Waals surface area contributed by atoms with E-state index in [2.05, 4.69) is 12.2 Å². The summed E-state index contributed by atoms with van der Waals surface area (Å²) in [5.41, 5.74) is 0. The molecular formula is C16H33N. The molecule has 0 aromatic heterocycles. The predicted molar refractivity (Wildman–Crippen MR) is 77.4 cm³/mol. The van der Waals surface area contributed by atoms with Crippen LogP contribution in [-0.2, 0) is 0 Å². The fraction of sp³-hybridized carbons (Fsp3) is 1.00. The van der Waals surface area contributed by atoms with E-state index in [1.807, 2.05) is 0 Å². The highest BCUT2D eigenvalue weighted by molar-refractivity contribution is 4.63. The third-order valence-corrected chi connectivity index (χ3v) is 4.20. The van der Waals surface area contributed by atoms with Gasteiger partial charge in [-0.25, -0.2) is 0 Å². The first-order valence-electron chi connectivity index (χ1n) is 8.14. The van der Waals surface area contributed by atoms with E-state index in [4.69, 9.17) is 0 Å². The largest absolute Gasteiger partial charge is 0.317 e. The summed E-state index contributed by atoms with van der Waals surface area (Å²) in [6.45, 7) is 4.58. The molecule has 1 aliphatic rings. The highest BCUT2D eigenvalue weighted by Crippen LogP contribution is 2.22. The molecule has 0 unspecified atom stereocenters. The summed E-state index contributed by atoms with van der Waals surface area (Å²) in [5, 5.41) is 3.48. The van der Waals surface area contributed by atoms with E-state index in [0.717, 1.165) is 12.5 Å². The molecule has 1 nitrogen and oxygen atoms in total. The minimum Gasteiger partial charge on any atom is -0.317 e. The summed E-state index contributed by atoms with van der Waals surface area (Å²) >= 11 is 0.